The van der Waals surface area contributed by atoms with Gasteiger partial charge in [0.05, 0.1) is 10.5 Å². The van der Waals surface area contributed by atoms with Gasteiger partial charge in [-0.15, -0.1) is 0 Å². The number of nitrogens with zero attached hydrogens (tertiary/aromatic N) is 1. The van der Waals surface area contributed by atoms with Gasteiger partial charge in [-0.2, -0.15) is 4.40 Å². The average molecular weight is 241 g/mol. The average Bonchev–Trinajstić information content (AvgIpc) is 2.17. The summed E-state index contributed by atoms with van der Waals surface area (Å²) in [6.45, 7) is 7.37. The van der Waals surface area contributed by atoms with Crippen LogP contribution in [0.15, 0.2) is 28.7 Å². The Kier molecular flexibility index (Phi) is 3.97. The van der Waals surface area contributed by atoms with Crippen molar-refractivity contribution >= 4 is 16.7 Å². The Balaban J connectivity index is 2.94. The van der Waals surface area contributed by atoms with E-state index in [9.17, 15) is 8.60 Å². The summed E-state index contributed by atoms with van der Waals surface area (Å²) in [5.74, 6) is -0.284. The van der Waals surface area contributed by atoms with Crippen molar-refractivity contribution in [3.05, 3.63) is 35.6 Å². The van der Waals surface area contributed by atoms with Gasteiger partial charge < -0.3 is 0 Å². The van der Waals surface area contributed by atoms with Crippen molar-refractivity contribution in [2.45, 2.75) is 32.4 Å². The Morgan fingerprint density at radius 3 is 2.19 bits per heavy atom. The summed E-state index contributed by atoms with van der Waals surface area (Å²) in [7, 11) is -1.28. The second-order valence-electron chi connectivity index (χ2n) is 4.55. The molecule has 4 heteroatoms. The van der Waals surface area contributed by atoms with E-state index in [0.29, 0.717) is 5.71 Å². The lowest BCUT2D eigenvalue weighted by Crippen LogP contribution is -2.20. The van der Waals surface area contributed by atoms with Crippen LogP contribution < -0.4 is 0 Å². The highest BCUT2D eigenvalue weighted by molar-refractivity contribution is 7.85. The van der Waals surface area contributed by atoms with E-state index in [1.54, 1.807) is 19.1 Å². The largest absolute Gasteiger partial charge is 0.234 e. The van der Waals surface area contributed by atoms with E-state index in [0.717, 1.165) is 5.56 Å². The van der Waals surface area contributed by atoms with Gasteiger partial charge in [0.15, 0.2) is 0 Å². The molecule has 1 atom stereocenters. The van der Waals surface area contributed by atoms with Gasteiger partial charge in [-0.25, -0.2) is 8.60 Å². The van der Waals surface area contributed by atoms with Gasteiger partial charge in [0.1, 0.15) is 16.8 Å². The Labute approximate surface area is 98.2 Å². The van der Waals surface area contributed by atoms with E-state index in [1.165, 1.54) is 12.1 Å². The maximum Gasteiger partial charge on any atom is 0.145 e. The SMILES string of the molecule is C/C(=N\[S@](=O)C(C)(C)C)c1ccc(F)cc1. The number of hydrogen-bond donors (Lipinski definition) is 0. The third kappa shape index (κ3) is 3.52. The van der Waals surface area contributed by atoms with E-state index < -0.39 is 11.0 Å². The summed E-state index contributed by atoms with van der Waals surface area (Å²) in [5, 5.41) is 0. The zero-order valence-electron chi connectivity index (χ0n) is 9.95. The van der Waals surface area contributed by atoms with Crippen molar-refractivity contribution in [2.75, 3.05) is 0 Å². The zero-order valence-corrected chi connectivity index (χ0v) is 10.8. The fourth-order valence-electron chi connectivity index (χ4n) is 1.01. The third-order valence-corrected chi connectivity index (χ3v) is 3.49. The predicted octanol–water partition coefficient (Wildman–Crippen LogP) is 3.10. The van der Waals surface area contributed by atoms with Gasteiger partial charge in [-0.1, -0.05) is 12.1 Å². The first-order chi connectivity index (χ1) is 7.30. The molecule has 1 aromatic rings. The van der Waals surface area contributed by atoms with Gasteiger partial charge in [0.2, 0.25) is 0 Å². The monoisotopic (exact) mass is 241 g/mol. The van der Waals surface area contributed by atoms with E-state index >= 15 is 0 Å². The maximum absolute atomic E-state index is 12.7. The molecule has 1 aromatic carbocycles. The highest BCUT2D eigenvalue weighted by Crippen LogP contribution is 2.14. The second-order valence-corrected chi connectivity index (χ2v) is 6.45. The fourth-order valence-corrected chi connectivity index (χ4v) is 1.63. The summed E-state index contributed by atoms with van der Waals surface area (Å²) in [4.78, 5) is 0. The number of halogens is 1. The number of benzene rings is 1. The number of rotatable bonds is 2. The predicted molar refractivity (Wildman–Crippen MR) is 66.5 cm³/mol. The molecule has 0 heterocycles. The van der Waals surface area contributed by atoms with Crippen molar-refractivity contribution in [1.29, 1.82) is 0 Å². The number of hydrogen-bond acceptors (Lipinski definition) is 1. The molecule has 0 aliphatic heterocycles. The van der Waals surface area contributed by atoms with Crippen molar-refractivity contribution in [3.8, 4) is 0 Å². The van der Waals surface area contributed by atoms with Crippen LogP contribution in [0.2, 0.25) is 0 Å². The molecule has 88 valence electrons. The fraction of sp³-hybridized carbons (Fsp3) is 0.417. The summed E-state index contributed by atoms with van der Waals surface area (Å²) in [5.41, 5.74) is 1.45. The molecule has 0 aliphatic rings. The lowest BCUT2D eigenvalue weighted by molar-refractivity contribution is 0.628. The van der Waals surface area contributed by atoms with E-state index in [-0.39, 0.29) is 10.6 Å². The van der Waals surface area contributed by atoms with Crippen LogP contribution in [0.3, 0.4) is 0 Å². The summed E-state index contributed by atoms with van der Waals surface area (Å²) < 4.78 is 28.2. The maximum atomic E-state index is 12.7. The highest BCUT2D eigenvalue weighted by atomic mass is 32.2. The van der Waals surface area contributed by atoms with Gasteiger partial charge in [0.25, 0.3) is 0 Å². The molecule has 0 amide bonds. The second kappa shape index (κ2) is 4.87. The molecule has 0 fully saturated rings. The van der Waals surface area contributed by atoms with Gasteiger partial charge in [-0.05, 0) is 45.4 Å². The van der Waals surface area contributed by atoms with Crippen LogP contribution in [0.25, 0.3) is 0 Å². The smallest absolute Gasteiger partial charge is 0.145 e. The third-order valence-electron chi connectivity index (χ3n) is 2.01. The van der Waals surface area contributed by atoms with Crippen molar-refractivity contribution in [2.24, 2.45) is 4.40 Å². The molecule has 0 aromatic heterocycles. The van der Waals surface area contributed by atoms with E-state index in [2.05, 4.69) is 4.40 Å². The van der Waals surface area contributed by atoms with Crippen molar-refractivity contribution in [3.63, 3.8) is 0 Å². The highest BCUT2D eigenvalue weighted by Gasteiger charge is 2.19. The summed E-state index contributed by atoms with van der Waals surface area (Å²) >= 11 is 0. The molecule has 1 rings (SSSR count). The van der Waals surface area contributed by atoms with Crippen molar-refractivity contribution in [1.82, 2.24) is 0 Å². The molecule has 0 saturated carbocycles. The van der Waals surface area contributed by atoms with E-state index in [1.807, 2.05) is 20.8 Å². The molecule has 0 unspecified atom stereocenters. The molecule has 0 N–H and O–H groups in total. The first kappa shape index (κ1) is 13.0. The van der Waals surface area contributed by atoms with Crippen LogP contribution in [0.4, 0.5) is 4.39 Å². The first-order valence-corrected chi connectivity index (χ1v) is 6.14. The summed E-state index contributed by atoms with van der Waals surface area (Å²) in [6.07, 6.45) is 0. The molecule has 16 heavy (non-hydrogen) atoms. The van der Waals surface area contributed by atoms with Crippen LogP contribution in [-0.4, -0.2) is 14.7 Å². The van der Waals surface area contributed by atoms with Gasteiger partial charge in [-0.3, -0.25) is 0 Å². The standard InChI is InChI=1S/C12H16FNOS/c1-9(14-16(15)12(2,3)4)10-5-7-11(13)8-6-10/h5-8H,1-4H3/b14-9+/t16-/m1/s1. The minimum absolute atomic E-state index is 0.284. The normalized spacial score (nSPS) is 14.9. The lowest BCUT2D eigenvalue weighted by Gasteiger charge is -2.14. The molecular weight excluding hydrogens is 225 g/mol. The van der Waals surface area contributed by atoms with Crippen LogP contribution in [0, 0.1) is 5.82 Å². The first-order valence-electron chi connectivity index (χ1n) is 5.04. The topological polar surface area (TPSA) is 29.4 Å². The molecular formula is C12H16FNOS. The van der Waals surface area contributed by atoms with Crippen LogP contribution in [-0.2, 0) is 11.0 Å². The molecule has 0 spiro atoms. The summed E-state index contributed by atoms with van der Waals surface area (Å²) in [6, 6.07) is 6.00. The molecule has 0 aliphatic carbocycles. The molecule has 0 saturated heterocycles. The van der Waals surface area contributed by atoms with Gasteiger partial charge in [0, 0.05) is 0 Å². The molecule has 0 bridgehead atoms. The Morgan fingerprint density at radius 2 is 1.75 bits per heavy atom. The zero-order chi connectivity index (χ0) is 12.3. The minimum atomic E-state index is -1.28. The lowest BCUT2D eigenvalue weighted by atomic mass is 10.1. The van der Waals surface area contributed by atoms with Crippen LogP contribution >= 0.6 is 0 Å². The van der Waals surface area contributed by atoms with Crippen molar-refractivity contribution < 1.29 is 8.60 Å². The molecule has 2 nitrogen and oxygen atoms in total. The Hall–Kier alpha value is -1.03. The Morgan fingerprint density at radius 1 is 1.25 bits per heavy atom. The minimum Gasteiger partial charge on any atom is -0.234 e. The molecule has 0 radical (unpaired) electrons. The van der Waals surface area contributed by atoms with Crippen LogP contribution in [0.5, 0.6) is 0 Å². The van der Waals surface area contributed by atoms with Crippen LogP contribution in [0.1, 0.15) is 33.3 Å². The quantitative estimate of drug-likeness (QED) is 0.732. The Bertz CT molecular complexity index is 418. The van der Waals surface area contributed by atoms with Gasteiger partial charge >= 0.3 is 0 Å². The van der Waals surface area contributed by atoms with E-state index in [4.69, 9.17) is 0 Å².